The summed E-state index contributed by atoms with van der Waals surface area (Å²) in [6.07, 6.45) is 0.773. The van der Waals surface area contributed by atoms with E-state index in [0.29, 0.717) is 23.1 Å². The number of hydrogen-bond donors (Lipinski definition) is 0. The Labute approximate surface area is 128 Å². The molecule has 0 fully saturated rings. The Balaban J connectivity index is 1.90. The van der Waals surface area contributed by atoms with Gasteiger partial charge in [-0.15, -0.1) is 11.3 Å². The molecule has 0 bridgehead atoms. The van der Waals surface area contributed by atoms with Crippen LogP contribution in [0.1, 0.15) is 26.7 Å². The molecule has 6 heteroatoms. The summed E-state index contributed by atoms with van der Waals surface area (Å²) in [4.78, 5) is 5.93. The number of fused-ring (bicyclic) bond motifs is 1. The highest BCUT2D eigenvalue weighted by molar-refractivity contribution is 7.90. The Bertz CT molecular complexity index is 755. The van der Waals surface area contributed by atoms with Crippen LogP contribution in [0, 0.1) is 13.8 Å². The Hall–Kier alpha value is -1.24. The molecule has 0 atom stereocenters. The minimum Gasteiger partial charge on any atom is -0.375 e. The first-order valence-electron chi connectivity index (χ1n) is 6.81. The van der Waals surface area contributed by atoms with Crippen LogP contribution >= 0.6 is 11.3 Å². The van der Waals surface area contributed by atoms with Crippen LogP contribution in [0.2, 0.25) is 0 Å². The lowest BCUT2D eigenvalue weighted by atomic mass is 10.2. The first kappa shape index (κ1) is 14.7. The summed E-state index contributed by atoms with van der Waals surface area (Å²) >= 11 is 1.45. The Morgan fingerprint density at radius 2 is 2.14 bits per heavy atom. The summed E-state index contributed by atoms with van der Waals surface area (Å²) in [6, 6.07) is 5.42. The molecule has 2 heterocycles. The smallest absolute Gasteiger partial charge is 0.185 e. The van der Waals surface area contributed by atoms with E-state index < -0.39 is 9.84 Å². The zero-order valence-electron chi connectivity index (χ0n) is 12.0. The van der Waals surface area contributed by atoms with Crippen LogP contribution in [0.25, 0.3) is 0 Å². The number of sulfone groups is 1. The zero-order valence-corrected chi connectivity index (χ0v) is 13.7. The van der Waals surface area contributed by atoms with E-state index in [2.05, 4.69) is 4.98 Å². The fourth-order valence-electron chi connectivity index (χ4n) is 2.53. The molecule has 0 aliphatic carbocycles. The molecule has 0 radical (unpaired) electrons. The molecule has 3 rings (SSSR count). The van der Waals surface area contributed by atoms with Crippen LogP contribution in [-0.2, 0) is 33.4 Å². The number of hydrogen-bond acceptors (Lipinski definition) is 5. The van der Waals surface area contributed by atoms with E-state index in [9.17, 15) is 8.42 Å². The third-order valence-corrected chi connectivity index (χ3v) is 6.55. The lowest BCUT2D eigenvalue weighted by Crippen LogP contribution is -2.08. The summed E-state index contributed by atoms with van der Waals surface area (Å²) in [7, 11) is -3.35. The lowest BCUT2D eigenvalue weighted by molar-refractivity contribution is 0.112. The van der Waals surface area contributed by atoms with E-state index in [1.165, 1.54) is 11.3 Å². The number of aryl methyl sites for hydroxylation is 2. The van der Waals surface area contributed by atoms with Crippen molar-refractivity contribution in [1.82, 2.24) is 4.98 Å². The van der Waals surface area contributed by atoms with Gasteiger partial charge in [0.05, 0.1) is 28.7 Å². The second-order valence-corrected chi connectivity index (χ2v) is 8.43. The zero-order chi connectivity index (χ0) is 15.0. The van der Waals surface area contributed by atoms with Gasteiger partial charge in [0.1, 0.15) is 10.8 Å². The molecule has 1 aromatic heterocycles. The number of benzene rings is 1. The van der Waals surface area contributed by atoms with E-state index in [-0.39, 0.29) is 5.75 Å². The second-order valence-electron chi connectivity index (χ2n) is 5.31. The van der Waals surface area contributed by atoms with Gasteiger partial charge in [0.2, 0.25) is 0 Å². The molecule has 21 heavy (non-hydrogen) atoms. The minimum absolute atomic E-state index is 0.0332. The average Bonchev–Trinajstić information content (AvgIpc) is 2.79. The Morgan fingerprint density at radius 3 is 2.86 bits per heavy atom. The first-order chi connectivity index (χ1) is 9.95. The molecule has 1 aliphatic rings. The predicted octanol–water partition coefficient (Wildman–Crippen LogP) is 2.81. The summed E-state index contributed by atoms with van der Waals surface area (Å²) in [5.74, 6) is -0.0332. The van der Waals surface area contributed by atoms with E-state index in [0.717, 1.165) is 28.1 Å². The van der Waals surface area contributed by atoms with Gasteiger partial charge < -0.3 is 4.74 Å². The number of rotatable bonds is 3. The minimum atomic E-state index is -3.35. The fraction of sp³-hybridized carbons (Fsp3) is 0.400. The average molecular weight is 323 g/mol. The topological polar surface area (TPSA) is 56.3 Å². The van der Waals surface area contributed by atoms with E-state index in [4.69, 9.17) is 4.74 Å². The van der Waals surface area contributed by atoms with Crippen molar-refractivity contribution in [3.63, 3.8) is 0 Å². The molecule has 0 spiro atoms. The van der Waals surface area contributed by atoms with Crippen molar-refractivity contribution in [2.45, 2.75) is 37.5 Å². The van der Waals surface area contributed by atoms with Gasteiger partial charge in [-0.25, -0.2) is 13.4 Å². The van der Waals surface area contributed by atoms with Crippen LogP contribution in [0.15, 0.2) is 23.1 Å². The predicted molar refractivity (Wildman–Crippen MR) is 82.3 cm³/mol. The summed E-state index contributed by atoms with van der Waals surface area (Å²) in [5.41, 5.74) is 2.85. The number of aromatic nitrogens is 1. The fourth-order valence-corrected chi connectivity index (χ4v) is 5.45. The summed E-state index contributed by atoms with van der Waals surface area (Å²) in [5, 5.41) is 0.658. The molecule has 0 saturated carbocycles. The largest absolute Gasteiger partial charge is 0.375 e. The van der Waals surface area contributed by atoms with Crippen molar-refractivity contribution in [2.75, 3.05) is 6.61 Å². The normalized spacial score (nSPS) is 15.0. The molecule has 1 aromatic carbocycles. The van der Waals surface area contributed by atoms with Crippen LogP contribution in [0.5, 0.6) is 0 Å². The van der Waals surface area contributed by atoms with Crippen LogP contribution < -0.4 is 0 Å². The summed E-state index contributed by atoms with van der Waals surface area (Å²) in [6.45, 7) is 5.01. The molecule has 0 N–H and O–H groups in total. The third-order valence-electron chi connectivity index (χ3n) is 3.52. The van der Waals surface area contributed by atoms with Crippen LogP contribution in [0.4, 0.5) is 0 Å². The maximum absolute atomic E-state index is 12.6. The van der Waals surface area contributed by atoms with Gasteiger partial charge in [-0.05, 0) is 25.5 Å². The van der Waals surface area contributed by atoms with Gasteiger partial charge in [0.25, 0.3) is 0 Å². The van der Waals surface area contributed by atoms with Gasteiger partial charge in [-0.1, -0.05) is 17.7 Å². The van der Waals surface area contributed by atoms with Gasteiger partial charge in [-0.3, -0.25) is 0 Å². The summed E-state index contributed by atoms with van der Waals surface area (Å²) < 4.78 is 30.5. The van der Waals surface area contributed by atoms with Crippen molar-refractivity contribution in [3.8, 4) is 0 Å². The molecule has 4 nitrogen and oxygen atoms in total. The molecular weight excluding hydrogens is 306 g/mol. The highest BCUT2D eigenvalue weighted by Gasteiger charge is 2.22. The highest BCUT2D eigenvalue weighted by Crippen LogP contribution is 2.27. The van der Waals surface area contributed by atoms with Crippen molar-refractivity contribution >= 4 is 21.2 Å². The molecule has 0 saturated heterocycles. The maximum Gasteiger partial charge on any atom is 0.185 e. The van der Waals surface area contributed by atoms with Crippen molar-refractivity contribution in [3.05, 3.63) is 44.9 Å². The van der Waals surface area contributed by atoms with Crippen molar-refractivity contribution in [2.24, 2.45) is 0 Å². The number of ether oxygens (including phenoxy) is 1. The van der Waals surface area contributed by atoms with Crippen molar-refractivity contribution < 1.29 is 13.2 Å². The molecule has 2 aromatic rings. The Kier molecular flexibility index (Phi) is 3.86. The van der Waals surface area contributed by atoms with Gasteiger partial charge in [0, 0.05) is 6.42 Å². The first-order valence-corrected chi connectivity index (χ1v) is 9.28. The van der Waals surface area contributed by atoms with Crippen LogP contribution in [-0.4, -0.2) is 20.0 Å². The second kappa shape index (κ2) is 5.51. The molecule has 0 amide bonds. The molecule has 112 valence electrons. The third kappa shape index (κ3) is 3.02. The Morgan fingerprint density at radius 1 is 1.33 bits per heavy atom. The van der Waals surface area contributed by atoms with E-state index in [1.807, 2.05) is 26.0 Å². The number of nitrogens with zero attached hydrogens (tertiary/aromatic N) is 1. The lowest BCUT2D eigenvalue weighted by Gasteiger charge is -2.08. The molecular formula is C15H17NO3S2. The quantitative estimate of drug-likeness (QED) is 0.871. The number of thiazole rings is 1. The maximum atomic E-state index is 12.6. The molecule has 1 aliphatic heterocycles. The van der Waals surface area contributed by atoms with Crippen molar-refractivity contribution in [1.29, 1.82) is 0 Å². The van der Waals surface area contributed by atoms with Crippen LogP contribution in [0.3, 0.4) is 0 Å². The van der Waals surface area contributed by atoms with Gasteiger partial charge >= 0.3 is 0 Å². The van der Waals surface area contributed by atoms with Gasteiger partial charge in [-0.2, -0.15) is 0 Å². The van der Waals surface area contributed by atoms with E-state index in [1.54, 1.807) is 6.07 Å². The monoisotopic (exact) mass is 323 g/mol. The highest BCUT2D eigenvalue weighted by atomic mass is 32.2. The van der Waals surface area contributed by atoms with Gasteiger partial charge in [0.15, 0.2) is 9.84 Å². The molecule has 0 unspecified atom stereocenters. The van der Waals surface area contributed by atoms with E-state index >= 15 is 0 Å². The standard InChI is InChI=1S/C15H17NO3S2/c1-10-3-4-14(11(2)7-10)21(17,18)9-15-16-12-5-6-19-8-13(12)20-15/h3-4,7H,5-6,8-9H2,1-2H3. The SMILES string of the molecule is Cc1ccc(S(=O)(=O)Cc2nc3c(s2)COCC3)c(C)c1.